The minimum atomic E-state index is -4.49. The third-order valence-corrected chi connectivity index (χ3v) is 5.13. The Hall–Kier alpha value is -2.88. The fraction of sp³-hybridized carbons (Fsp3) is 0.278. The van der Waals surface area contributed by atoms with Crippen LogP contribution in [0, 0.1) is 5.92 Å². The van der Waals surface area contributed by atoms with Gasteiger partial charge in [-0.2, -0.15) is 13.2 Å². The van der Waals surface area contributed by atoms with Crippen molar-refractivity contribution >= 4 is 39.3 Å². The molecule has 1 N–H and O–H groups in total. The van der Waals surface area contributed by atoms with E-state index in [4.69, 9.17) is 4.42 Å². The van der Waals surface area contributed by atoms with Gasteiger partial charge in [-0.25, -0.2) is 4.98 Å². The third-order valence-electron chi connectivity index (χ3n) is 4.37. The van der Waals surface area contributed by atoms with Gasteiger partial charge in [0.05, 0.1) is 5.92 Å². The van der Waals surface area contributed by atoms with Crippen molar-refractivity contribution in [3.05, 3.63) is 35.7 Å². The summed E-state index contributed by atoms with van der Waals surface area (Å²) < 4.78 is 43.2. The summed E-state index contributed by atoms with van der Waals surface area (Å²) in [6.45, 7) is -1.60. The Kier molecular flexibility index (Phi) is 4.58. The second kappa shape index (κ2) is 6.93. The normalized spacial score (nSPS) is 17.5. The topological polar surface area (TPSA) is 75.4 Å². The maximum atomic E-state index is 12.5. The number of rotatable bonds is 4. The predicted octanol–water partition coefficient (Wildman–Crippen LogP) is 3.91. The molecule has 3 heterocycles. The summed E-state index contributed by atoms with van der Waals surface area (Å²) in [6.07, 6.45) is -4.73. The number of anilines is 1. The van der Waals surface area contributed by atoms with Crippen LogP contribution < -0.4 is 5.32 Å². The van der Waals surface area contributed by atoms with Crippen molar-refractivity contribution in [2.24, 2.45) is 5.92 Å². The molecule has 0 aliphatic carbocycles. The molecule has 1 aliphatic heterocycles. The van der Waals surface area contributed by atoms with Crippen LogP contribution in [0.5, 0.6) is 0 Å². The van der Waals surface area contributed by atoms with E-state index in [2.05, 4.69) is 10.3 Å². The van der Waals surface area contributed by atoms with Gasteiger partial charge < -0.3 is 14.6 Å². The molecule has 6 nitrogen and oxygen atoms in total. The molecule has 10 heteroatoms. The molecule has 28 heavy (non-hydrogen) atoms. The minimum Gasteiger partial charge on any atom is -0.454 e. The number of benzene rings is 1. The zero-order chi connectivity index (χ0) is 19.9. The highest BCUT2D eigenvalue weighted by Gasteiger charge is 2.40. The molecular weight excluding hydrogens is 395 g/mol. The molecule has 0 radical (unpaired) electrons. The fourth-order valence-electron chi connectivity index (χ4n) is 3.08. The highest BCUT2D eigenvalue weighted by molar-refractivity contribution is 7.14. The number of hydrogen-bond acceptors (Lipinski definition) is 5. The first-order chi connectivity index (χ1) is 13.3. The molecule has 3 aromatic rings. The Labute approximate surface area is 161 Å². The molecule has 1 unspecified atom stereocenters. The second-order valence-electron chi connectivity index (χ2n) is 6.47. The minimum absolute atomic E-state index is 0.246. The summed E-state index contributed by atoms with van der Waals surface area (Å²) in [5.74, 6) is -1.50. The number of carbonyl (C=O) groups is 2. The zero-order valence-electron chi connectivity index (χ0n) is 14.3. The summed E-state index contributed by atoms with van der Waals surface area (Å²) in [7, 11) is 0. The Morgan fingerprint density at radius 3 is 2.89 bits per heavy atom. The summed E-state index contributed by atoms with van der Waals surface area (Å²) >= 11 is 1.17. The number of carbonyl (C=O) groups excluding carboxylic acids is 2. The third kappa shape index (κ3) is 3.86. The molecule has 1 aliphatic rings. The van der Waals surface area contributed by atoms with E-state index in [1.165, 1.54) is 11.3 Å². The van der Waals surface area contributed by atoms with Crippen LogP contribution in [-0.2, 0) is 9.59 Å². The lowest BCUT2D eigenvalue weighted by Gasteiger charge is -2.18. The predicted molar refractivity (Wildman–Crippen MR) is 96.7 cm³/mol. The molecule has 0 saturated carbocycles. The lowest BCUT2D eigenvalue weighted by atomic mass is 10.1. The summed E-state index contributed by atoms with van der Waals surface area (Å²) in [6, 6.07) is 9.31. The molecule has 0 bridgehead atoms. The first-order valence-electron chi connectivity index (χ1n) is 8.38. The number of likely N-dealkylation sites (tertiary alicyclic amines) is 1. The number of nitrogens with zero attached hydrogens (tertiary/aromatic N) is 2. The average Bonchev–Trinajstić information content (AvgIpc) is 3.32. The number of alkyl halides is 3. The quantitative estimate of drug-likeness (QED) is 0.709. The van der Waals surface area contributed by atoms with Crippen molar-refractivity contribution < 1.29 is 27.2 Å². The lowest BCUT2D eigenvalue weighted by Crippen LogP contribution is -2.36. The van der Waals surface area contributed by atoms with Crippen molar-refractivity contribution in [1.29, 1.82) is 0 Å². The largest absolute Gasteiger partial charge is 0.454 e. The van der Waals surface area contributed by atoms with E-state index < -0.39 is 30.5 Å². The van der Waals surface area contributed by atoms with Crippen molar-refractivity contribution in [3.63, 3.8) is 0 Å². The van der Waals surface area contributed by atoms with E-state index in [0.29, 0.717) is 27.1 Å². The number of hydrogen-bond donors (Lipinski definition) is 1. The van der Waals surface area contributed by atoms with Gasteiger partial charge in [-0.05, 0) is 12.1 Å². The Bertz CT molecular complexity index is 1010. The number of amides is 2. The number of fused-ring (bicyclic) bond motifs is 1. The molecular formula is C18H14F3N3O3S. The molecule has 1 aromatic carbocycles. The van der Waals surface area contributed by atoms with Gasteiger partial charge in [-0.15, -0.1) is 11.3 Å². The molecule has 1 fully saturated rings. The summed E-state index contributed by atoms with van der Waals surface area (Å²) in [5.41, 5.74) is 1.25. The molecule has 1 saturated heterocycles. The average molecular weight is 409 g/mol. The smallest absolute Gasteiger partial charge is 0.406 e. The molecule has 1 atom stereocenters. The van der Waals surface area contributed by atoms with Crippen LogP contribution in [0.3, 0.4) is 0 Å². The van der Waals surface area contributed by atoms with Crippen LogP contribution in [-0.4, -0.2) is 41.0 Å². The van der Waals surface area contributed by atoms with Crippen molar-refractivity contribution in [1.82, 2.24) is 9.88 Å². The van der Waals surface area contributed by atoms with Crippen molar-refractivity contribution in [3.8, 4) is 11.5 Å². The monoisotopic (exact) mass is 409 g/mol. The van der Waals surface area contributed by atoms with E-state index in [1.54, 1.807) is 5.38 Å². The summed E-state index contributed by atoms with van der Waals surface area (Å²) in [5, 5.41) is 5.51. The van der Waals surface area contributed by atoms with Crippen molar-refractivity contribution in [2.45, 2.75) is 12.6 Å². The molecule has 0 spiro atoms. The van der Waals surface area contributed by atoms with Crippen LogP contribution in [0.1, 0.15) is 6.42 Å². The Morgan fingerprint density at radius 2 is 2.14 bits per heavy atom. The Balaban J connectivity index is 1.42. The van der Waals surface area contributed by atoms with Crippen molar-refractivity contribution in [2.75, 3.05) is 18.4 Å². The van der Waals surface area contributed by atoms with Crippen LogP contribution >= 0.6 is 11.3 Å². The standard InChI is InChI=1S/C18H14F3N3O3S/c19-18(20,21)9-24-7-11(6-15(24)25)16(26)23-17-22-12(8-28-17)14-5-10-3-1-2-4-13(10)27-14/h1-5,8,11H,6-7,9H2,(H,22,23,26). The van der Waals surface area contributed by atoms with Gasteiger partial charge in [0.2, 0.25) is 11.8 Å². The molecule has 4 rings (SSSR count). The van der Waals surface area contributed by atoms with Gasteiger partial charge in [0.15, 0.2) is 10.9 Å². The van der Waals surface area contributed by atoms with Crippen LogP contribution in [0.4, 0.5) is 18.3 Å². The SMILES string of the molecule is O=C(Nc1nc(-c2cc3ccccc3o2)cs1)C1CC(=O)N(CC(F)(F)F)C1. The summed E-state index contributed by atoms with van der Waals surface area (Å²) in [4.78, 5) is 29.0. The molecule has 2 amide bonds. The number of aromatic nitrogens is 1. The van der Waals surface area contributed by atoms with E-state index in [1.807, 2.05) is 30.3 Å². The van der Waals surface area contributed by atoms with Gasteiger partial charge >= 0.3 is 6.18 Å². The number of nitrogens with one attached hydrogen (secondary N) is 1. The van der Waals surface area contributed by atoms with Crippen LogP contribution in [0.15, 0.2) is 40.1 Å². The highest BCUT2D eigenvalue weighted by Crippen LogP contribution is 2.31. The van der Waals surface area contributed by atoms with E-state index >= 15 is 0 Å². The second-order valence-corrected chi connectivity index (χ2v) is 7.32. The highest BCUT2D eigenvalue weighted by atomic mass is 32.1. The first-order valence-corrected chi connectivity index (χ1v) is 9.26. The van der Waals surface area contributed by atoms with E-state index in [-0.39, 0.29) is 13.0 Å². The van der Waals surface area contributed by atoms with Gasteiger partial charge in [-0.1, -0.05) is 18.2 Å². The maximum Gasteiger partial charge on any atom is 0.406 e. The fourth-order valence-corrected chi connectivity index (χ4v) is 3.78. The number of halogens is 3. The Morgan fingerprint density at radius 1 is 1.36 bits per heavy atom. The van der Waals surface area contributed by atoms with Gasteiger partial charge in [0.25, 0.3) is 0 Å². The van der Waals surface area contributed by atoms with Gasteiger partial charge in [0, 0.05) is 23.7 Å². The van der Waals surface area contributed by atoms with Gasteiger partial charge in [-0.3, -0.25) is 9.59 Å². The van der Waals surface area contributed by atoms with E-state index in [0.717, 1.165) is 5.39 Å². The number of furan rings is 1. The van der Waals surface area contributed by atoms with Crippen LogP contribution in [0.2, 0.25) is 0 Å². The molecule has 146 valence electrons. The van der Waals surface area contributed by atoms with E-state index in [9.17, 15) is 22.8 Å². The number of thiazole rings is 1. The first kappa shape index (κ1) is 18.5. The van der Waals surface area contributed by atoms with Crippen LogP contribution in [0.25, 0.3) is 22.4 Å². The molecule has 2 aromatic heterocycles. The number of para-hydroxylation sites is 1. The maximum absolute atomic E-state index is 12.5. The van der Waals surface area contributed by atoms with Gasteiger partial charge in [0.1, 0.15) is 17.8 Å². The lowest BCUT2D eigenvalue weighted by molar-refractivity contribution is -0.157. The zero-order valence-corrected chi connectivity index (χ0v) is 15.1.